The van der Waals surface area contributed by atoms with E-state index in [1.165, 1.54) is 17.7 Å². The summed E-state index contributed by atoms with van der Waals surface area (Å²) in [6.45, 7) is 3.11. The van der Waals surface area contributed by atoms with Gasteiger partial charge in [0.05, 0.1) is 4.88 Å². The molecule has 1 atom stereocenters. The van der Waals surface area contributed by atoms with Crippen molar-refractivity contribution in [3.05, 3.63) is 21.9 Å². The lowest BCUT2D eigenvalue weighted by atomic mass is 9.99. The zero-order valence-electron chi connectivity index (χ0n) is 9.08. The predicted molar refractivity (Wildman–Crippen MR) is 63.6 cm³/mol. The molecule has 0 aromatic carbocycles. The highest BCUT2D eigenvalue weighted by Crippen LogP contribution is 2.19. The van der Waals surface area contributed by atoms with Crippen molar-refractivity contribution < 1.29 is 4.79 Å². The Balaban J connectivity index is 1.91. The molecule has 0 bridgehead atoms. The van der Waals surface area contributed by atoms with E-state index in [0.717, 1.165) is 17.8 Å². The fourth-order valence-corrected chi connectivity index (χ4v) is 2.82. The van der Waals surface area contributed by atoms with E-state index in [-0.39, 0.29) is 0 Å². The van der Waals surface area contributed by atoms with Crippen molar-refractivity contribution in [3.63, 3.8) is 0 Å². The largest absolute Gasteiger partial charge is 0.314 e. The fraction of sp³-hybridized carbons (Fsp3) is 0.583. The Bertz CT molecular complexity index is 339. The predicted octanol–water partition coefficient (Wildman–Crippen LogP) is 2.77. The number of rotatable bonds is 3. The molecule has 1 saturated heterocycles. The molecular formula is C12H17NOS. The van der Waals surface area contributed by atoms with Crippen LogP contribution in [0.5, 0.6) is 0 Å². The molecule has 0 radical (unpaired) electrons. The fourth-order valence-electron chi connectivity index (χ4n) is 2.01. The first-order valence-corrected chi connectivity index (χ1v) is 6.40. The van der Waals surface area contributed by atoms with Crippen LogP contribution in [-0.4, -0.2) is 18.4 Å². The van der Waals surface area contributed by atoms with Gasteiger partial charge in [-0.15, -0.1) is 11.3 Å². The number of ketones is 1. The average molecular weight is 223 g/mol. The number of thiophene rings is 1. The molecular weight excluding hydrogens is 206 g/mol. The van der Waals surface area contributed by atoms with Crippen LogP contribution in [0.15, 0.2) is 12.1 Å². The molecule has 1 aliphatic heterocycles. The van der Waals surface area contributed by atoms with Gasteiger partial charge in [-0.3, -0.25) is 4.79 Å². The maximum Gasteiger partial charge on any atom is 0.174 e. The molecule has 15 heavy (non-hydrogen) atoms. The normalized spacial score (nSPS) is 21.5. The van der Waals surface area contributed by atoms with Gasteiger partial charge in [-0.05, 0) is 38.4 Å². The number of aryl methyl sites for hydroxylation is 1. The molecule has 2 nitrogen and oxygen atoms in total. The second-order valence-electron chi connectivity index (χ2n) is 4.18. The van der Waals surface area contributed by atoms with Crippen LogP contribution in [0.25, 0.3) is 0 Å². The summed E-state index contributed by atoms with van der Waals surface area (Å²) in [6, 6.07) is 4.38. The molecule has 3 heteroatoms. The van der Waals surface area contributed by atoms with Crippen LogP contribution in [-0.2, 0) is 0 Å². The molecule has 2 heterocycles. The summed E-state index contributed by atoms with van der Waals surface area (Å²) < 4.78 is 0. The number of hydrogen-bond donors (Lipinski definition) is 1. The van der Waals surface area contributed by atoms with E-state index >= 15 is 0 Å². The monoisotopic (exact) mass is 223 g/mol. The Hall–Kier alpha value is -0.670. The molecule has 1 unspecified atom stereocenters. The Morgan fingerprint density at radius 2 is 2.40 bits per heavy atom. The van der Waals surface area contributed by atoms with Crippen molar-refractivity contribution in [1.82, 2.24) is 5.32 Å². The van der Waals surface area contributed by atoms with Crippen LogP contribution in [0, 0.1) is 6.92 Å². The maximum atomic E-state index is 11.9. The number of piperidine rings is 1. The second kappa shape index (κ2) is 4.90. The summed E-state index contributed by atoms with van der Waals surface area (Å²) in [6.07, 6.45) is 4.33. The molecule has 1 N–H and O–H groups in total. The highest BCUT2D eigenvalue weighted by molar-refractivity contribution is 7.14. The topological polar surface area (TPSA) is 29.1 Å². The SMILES string of the molecule is Cc1ccc(C(=O)CC2CCCCN2)s1. The second-order valence-corrected chi connectivity index (χ2v) is 5.47. The number of carbonyl (C=O) groups excluding carboxylic acids is 1. The molecule has 1 aromatic heterocycles. The Kier molecular flexibility index (Phi) is 3.54. The van der Waals surface area contributed by atoms with Crippen molar-refractivity contribution in [2.45, 2.75) is 38.6 Å². The summed E-state index contributed by atoms with van der Waals surface area (Å²) in [5, 5.41) is 3.41. The smallest absolute Gasteiger partial charge is 0.174 e. The van der Waals surface area contributed by atoms with Gasteiger partial charge in [-0.1, -0.05) is 6.42 Å². The Morgan fingerprint density at radius 3 is 3.00 bits per heavy atom. The van der Waals surface area contributed by atoms with Crippen molar-refractivity contribution >= 4 is 17.1 Å². The molecule has 0 spiro atoms. The number of hydrogen-bond acceptors (Lipinski definition) is 3. The van der Waals surface area contributed by atoms with E-state index in [9.17, 15) is 4.79 Å². The number of carbonyl (C=O) groups is 1. The summed E-state index contributed by atoms with van der Waals surface area (Å²) in [4.78, 5) is 14.0. The zero-order chi connectivity index (χ0) is 10.7. The van der Waals surface area contributed by atoms with Gasteiger partial charge in [0, 0.05) is 17.3 Å². The summed E-state index contributed by atoms with van der Waals surface area (Å²) in [5.41, 5.74) is 0. The van der Waals surface area contributed by atoms with Crippen LogP contribution in [0.3, 0.4) is 0 Å². The van der Waals surface area contributed by atoms with Crippen molar-refractivity contribution in [3.8, 4) is 0 Å². The number of nitrogens with one attached hydrogen (secondary N) is 1. The van der Waals surface area contributed by atoms with E-state index in [2.05, 4.69) is 5.32 Å². The Morgan fingerprint density at radius 1 is 1.53 bits per heavy atom. The molecule has 1 aliphatic rings. The van der Waals surface area contributed by atoms with Gasteiger partial charge >= 0.3 is 0 Å². The molecule has 0 amide bonds. The van der Waals surface area contributed by atoms with Gasteiger partial charge in [0.25, 0.3) is 0 Å². The van der Waals surface area contributed by atoms with E-state index in [4.69, 9.17) is 0 Å². The molecule has 0 saturated carbocycles. The lowest BCUT2D eigenvalue weighted by molar-refractivity contribution is 0.0967. The summed E-state index contributed by atoms with van der Waals surface area (Å²) >= 11 is 1.61. The molecule has 1 aromatic rings. The maximum absolute atomic E-state index is 11.9. The van der Waals surface area contributed by atoms with Gasteiger partial charge in [0.2, 0.25) is 0 Å². The van der Waals surface area contributed by atoms with Crippen LogP contribution >= 0.6 is 11.3 Å². The molecule has 82 valence electrons. The first kappa shape index (κ1) is 10.8. The molecule has 1 fully saturated rings. The van der Waals surface area contributed by atoms with Crippen LogP contribution in [0.2, 0.25) is 0 Å². The van der Waals surface area contributed by atoms with Crippen LogP contribution < -0.4 is 5.32 Å². The van der Waals surface area contributed by atoms with E-state index < -0.39 is 0 Å². The average Bonchev–Trinajstić information content (AvgIpc) is 2.66. The van der Waals surface area contributed by atoms with Gasteiger partial charge in [0.1, 0.15) is 0 Å². The first-order valence-electron chi connectivity index (χ1n) is 5.59. The molecule has 0 aliphatic carbocycles. The minimum Gasteiger partial charge on any atom is -0.314 e. The van der Waals surface area contributed by atoms with Crippen molar-refractivity contribution in [2.24, 2.45) is 0 Å². The highest BCUT2D eigenvalue weighted by Gasteiger charge is 2.17. The molecule has 2 rings (SSSR count). The minimum absolute atomic E-state index is 0.299. The number of Topliss-reactive ketones (excluding diaryl/α,β-unsaturated/α-hetero) is 1. The van der Waals surface area contributed by atoms with Crippen LogP contribution in [0.1, 0.15) is 40.2 Å². The summed E-state index contributed by atoms with van der Waals surface area (Å²) in [7, 11) is 0. The van der Waals surface area contributed by atoms with Gasteiger partial charge in [-0.25, -0.2) is 0 Å². The lowest BCUT2D eigenvalue weighted by Crippen LogP contribution is -2.35. The quantitative estimate of drug-likeness (QED) is 0.798. The first-order chi connectivity index (χ1) is 7.25. The lowest BCUT2D eigenvalue weighted by Gasteiger charge is -2.22. The third-order valence-electron chi connectivity index (χ3n) is 2.86. The minimum atomic E-state index is 0.299. The van der Waals surface area contributed by atoms with E-state index in [1.807, 2.05) is 19.1 Å². The van der Waals surface area contributed by atoms with E-state index in [1.54, 1.807) is 11.3 Å². The van der Waals surface area contributed by atoms with Gasteiger partial charge < -0.3 is 5.32 Å². The van der Waals surface area contributed by atoms with Crippen LogP contribution in [0.4, 0.5) is 0 Å². The zero-order valence-corrected chi connectivity index (χ0v) is 9.90. The van der Waals surface area contributed by atoms with Gasteiger partial charge in [0.15, 0.2) is 5.78 Å². The highest BCUT2D eigenvalue weighted by atomic mass is 32.1. The summed E-state index contributed by atoms with van der Waals surface area (Å²) in [5.74, 6) is 0.299. The standard InChI is InChI=1S/C12H17NOS/c1-9-5-6-12(15-9)11(14)8-10-4-2-3-7-13-10/h5-6,10,13H,2-4,7-8H2,1H3. The van der Waals surface area contributed by atoms with E-state index in [0.29, 0.717) is 18.2 Å². The van der Waals surface area contributed by atoms with Crippen molar-refractivity contribution in [2.75, 3.05) is 6.54 Å². The van der Waals surface area contributed by atoms with Gasteiger partial charge in [-0.2, -0.15) is 0 Å². The Labute approximate surface area is 94.7 Å². The third-order valence-corrected chi connectivity index (χ3v) is 3.90. The third kappa shape index (κ3) is 2.89. The van der Waals surface area contributed by atoms with Crippen molar-refractivity contribution in [1.29, 1.82) is 0 Å².